The Morgan fingerprint density at radius 3 is 1.97 bits per heavy atom. The van der Waals surface area contributed by atoms with Gasteiger partial charge in [-0.1, -0.05) is 60.1 Å². The van der Waals surface area contributed by atoms with Crippen molar-refractivity contribution in [3.8, 4) is 22.7 Å². The smallest absolute Gasteiger partial charge is 0.278 e. The van der Waals surface area contributed by atoms with Crippen LogP contribution in [-0.2, 0) is 9.84 Å². The second-order valence-electron chi connectivity index (χ2n) is 6.95. The van der Waals surface area contributed by atoms with Crippen molar-refractivity contribution in [1.29, 1.82) is 0 Å². The fourth-order valence-electron chi connectivity index (χ4n) is 3.49. The summed E-state index contributed by atoms with van der Waals surface area (Å²) in [5, 5.41) is 11.3. The zero-order valence-electron chi connectivity index (χ0n) is 16.5. The molecule has 1 N–H and O–H groups in total. The fourth-order valence-corrected chi connectivity index (χ4v) is 5.08. The van der Waals surface area contributed by atoms with Crippen LogP contribution in [0.5, 0.6) is 5.75 Å². The van der Waals surface area contributed by atoms with Gasteiger partial charge in [0.2, 0.25) is 9.84 Å². The first kappa shape index (κ1) is 20.9. The average molecular weight is 452 g/mol. The van der Waals surface area contributed by atoms with Crippen LogP contribution in [0.3, 0.4) is 0 Å². The average Bonchev–Trinajstić information content (AvgIpc) is 2.77. The molecule has 1 aromatic heterocycles. The van der Waals surface area contributed by atoms with Gasteiger partial charge in [-0.05, 0) is 48.9 Å². The highest BCUT2D eigenvalue weighted by Crippen LogP contribution is 2.36. The van der Waals surface area contributed by atoms with Gasteiger partial charge in [0, 0.05) is 16.3 Å². The lowest BCUT2D eigenvalue weighted by molar-refractivity contribution is 0.450. The number of aromatic hydroxyl groups is 1. The first-order valence-electron chi connectivity index (χ1n) is 9.42. The van der Waals surface area contributed by atoms with Gasteiger partial charge in [0.15, 0.2) is 4.90 Å². The number of nitrogens with zero attached hydrogens (tertiary/aromatic N) is 1. The Kier molecular flexibility index (Phi) is 5.43. The third-order valence-electron chi connectivity index (χ3n) is 5.00. The molecule has 0 saturated carbocycles. The van der Waals surface area contributed by atoms with Crippen LogP contribution in [0.2, 0.25) is 5.02 Å². The summed E-state index contributed by atoms with van der Waals surface area (Å²) in [6.07, 6.45) is 0. The fraction of sp³-hybridized carbons (Fsp3) is 0.0417. The lowest BCUT2D eigenvalue weighted by atomic mass is 10.0. The minimum atomic E-state index is -4.31. The maximum Gasteiger partial charge on any atom is 0.278 e. The first-order valence-corrected chi connectivity index (χ1v) is 11.3. The molecule has 0 aliphatic heterocycles. The Morgan fingerprint density at radius 1 is 0.839 bits per heavy atom. The second kappa shape index (κ2) is 8.06. The van der Waals surface area contributed by atoms with Crippen LogP contribution >= 0.6 is 11.6 Å². The second-order valence-corrected chi connectivity index (χ2v) is 9.27. The maximum absolute atomic E-state index is 13.6. The highest BCUT2D eigenvalue weighted by Gasteiger charge is 2.31. The summed E-state index contributed by atoms with van der Waals surface area (Å²) in [7, 11) is -4.31. The molecule has 4 rings (SSSR count). The maximum atomic E-state index is 13.6. The molecule has 0 saturated heterocycles. The van der Waals surface area contributed by atoms with Crippen molar-refractivity contribution < 1.29 is 13.5 Å². The normalized spacial score (nSPS) is 11.4. The first-order chi connectivity index (χ1) is 14.8. The van der Waals surface area contributed by atoms with Crippen LogP contribution in [0, 0.1) is 6.92 Å². The Hall–Kier alpha value is -3.35. The summed E-state index contributed by atoms with van der Waals surface area (Å²) < 4.78 is 28.0. The molecule has 4 aromatic rings. The number of hydrogen-bond donors (Lipinski definition) is 1. The van der Waals surface area contributed by atoms with E-state index >= 15 is 0 Å². The van der Waals surface area contributed by atoms with E-state index in [4.69, 9.17) is 11.6 Å². The van der Waals surface area contributed by atoms with Gasteiger partial charge >= 0.3 is 0 Å². The number of hydrogen-bond acceptors (Lipinski definition) is 4. The van der Waals surface area contributed by atoms with E-state index < -0.39 is 26.0 Å². The molecule has 0 atom stereocenters. The predicted molar refractivity (Wildman–Crippen MR) is 121 cm³/mol. The molecule has 3 aromatic carbocycles. The number of aromatic nitrogens is 1. The van der Waals surface area contributed by atoms with Crippen molar-refractivity contribution in [2.45, 2.75) is 16.7 Å². The van der Waals surface area contributed by atoms with Crippen LogP contribution in [-0.4, -0.2) is 18.1 Å². The molecule has 5 nitrogen and oxygen atoms in total. The molecule has 0 unspecified atom stereocenters. The summed E-state index contributed by atoms with van der Waals surface area (Å²) in [5.74, 6) is -0.564. The third-order valence-corrected chi connectivity index (χ3v) is 7.05. The summed E-state index contributed by atoms with van der Waals surface area (Å²) in [6, 6.07) is 23.3. The topological polar surface area (TPSA) is 76.4 Å². The van der Waals surface area contributed by atoms with Gasteiger partial charge in [-0.25, -0.2) is 8.42 Å². The van der Waals surface area contributed by atoms with Crippen LogP contribution in [0.4, 0.5) is 0 Å². The molecule has 0 radical (unpaired) electrons. The van der Waals surface area contributed by atoms with Crippen molar-refractivity contribution in [2.75, 3.05) is 0 Å². The summed E-state index contributed by atoms with van der Waals surface area (Å²) in [6.45, 7) is 1.59. The Bertz CT molecular complexity index is 1410. The number of pyridine rings is 1. The van der Waals surface area contributed by atoms with Crippen molar-refractivity contribution in [1.82, 2.24) is 4.57 Å². The molecule has 0 fully saturated rings. The van der Waals surface area contributed by atoms with Crippen molar-refractivity contribution in [3.63, 3.8) is 0 Å². The highest BCUT2D eigenvalue weighted by atomic mass is 35.5. The van der Waals surface area contributed by atoms with Gasteiger partial charge in [0.25, 0.3) is 5.56 Å². The number of benzene rings is 3. The molecule has 0 aliphatic rings. The lowest BCUT2D eigenvalue weighted by Gasteiger charge is -2.19. The van der Waals surface area contributed by atoms with E-state index in [0.29, 0.717) is 22.0 Å². The third kappa shape index (κ3) is 3.65. The molecule has 0 spiro atoms. The monoisotopic (exact) mass is 451 g/mol. The summed E-state index contributed by atoms with van der Waals surface area (Å²) >= 11 is 5.88. The zero-order chi connectivity index (χ0) is 22.2. The molecule has 156 valence electrons. The van der Waals surface area contributed by atoms with E-state index in [1.807, 2.05) is 18.2 Å². The van der Waals surface area contributed by atoms with E-state index in [0.717, 1.165) is 0 Å². The molecule has 0 amide bonds. The number of rotatable bonds is 4. The molecule has 31 heavy (non-hydrogen) atoms. The SMILES string of the molecule is Cc1c(O)c(S(=O)(=O)c2ccc(Cl)cc2)c(=O)n(-c2ccccc2)c1-c1ccccc1. The van der Waals surface area contributed by atoms with E-state index in [1.54, 1.807) is 49.4 Å². The highest BCUT2D eigenvalue weighted by molar-refractivity contribution is 7.91. The largest absolute Gasteiger partial charge is 0.506 e. The van der Waals surface area contributed by atoms with E-state index in [9.17, 15) is 18.3 Å². The summed E-state index contributed by atoms with van der Waals surface area (Å²) in [5.41, 5.74) is 1.03. The summed E-state index contributed by atoms with van der Waals surface area (Å²) in [4.78, 5) is 12.8. The van der Waals surface area contributed by atoms with Crippen molar-refractivity contribution in [2.24, 2.45) is 0 Å². The molecule has 0 aliphatic carbocycles. The van der Waals surface area contributed by atoms with Gasteiger partial charge in [0.1, 0.15) is 5.75 Å². The van der Waals surface area contributed by atoms with Crippen LogP contribution in [0.15, 0.2) is 99.5 Å². The quantitative estimate of drug-likeness (QED) is 0.473. The minimum Gasteiger partial charge on any atom is -0.506 e. The van der Waals surface area contributed by atoms with Gasteiger partial charge in [-0.15, -0.1) is 0 Å². The Balaban J connectivity index is 2.12. The minimum absolute atomic E-state index is 0.129. The molecular weight excluding hydrogens is 434 g/mol. The zero-order valence-corrected chi connectivity index (χ0v) is 18.1. The van der Waals surface area contributed by atoms with Crippen molar-refractivity contribution in [3.05, 3.63) is 106 Å². The Labute approximate surface area is 184 Å². The molecule has 1 heterocycles. The van der Waals surface area contributed by atoms with Crippen LogP contribution in [0.25, 0.3) is 16.9 Å². The lowest BCUT2D eigenvalue weighted by Crippen LogP contribution is -2.27. The number of halogens is 1. The van der Waals surface area contributed by atoms with Gasteiger partial charge in [-0.2, -0.15) is 0 Å². The predicted octanol–water partition coefficient (Wildman–Crippen LogP) is 5.00. The van der Waals surface area contributed by atoms with E-state index in [-0.39, 0.29) is 10.5 Å². The van der Waals surface area contributed by atoms with E-state index in [1.165, 1.54) is 28.8 Å². The van der Waals surface area contributed by atoms with Gasteiger partial charge in [0.05, 0.1) is 10.6 Å². The molecule has 7 heteroatoms. The number of sulfone groups is 1. The number of para-hydroxylation sites is 1. The standard InChI is InChI=1S/C24H18ClNO4S/c1-16-21(17-8-4-2-5-9-17)26(19-10-6-3-7-11-19)24(28)23(22(16)27)31(29,30)20-14-12-18(25)13-15-20/h2-15,27H,1H3. The van der Waals surface area contributed by atoms with Gasteiger partial charge in [-0.3, -0.25) is 9.36 Å². The van der Waals surface area contributed by atoms with E-state index in [2.05, 4.69) is 0 Å². The van der Waals surface area contributed by atoms with Crippen LogP contribution in [0.1, 0.15) is 5.56 Å². The van der Waals surface area contributed by atoms with Crippen molar-refractivity contribution >= 4 is 21.4 Å². The van der Waals surface area contributed by atoms with Crippen LogP contribution < -0.4 is 5.56 Å². The molecule has 0 bridgehead atoms. The molecular formula is C24H18ClNO4S. The Morgan fingerprint density at radius 2 is 1.39 bits per heavy atom. The van der Waals surface area contributed by atoms with Gasteiger partial charge < -0.3 is 5.11 Å².